The van der Waals surface area contributed by atoms with Crippen LogP contribution < -0.4 is 15.1 Å². The van der Waals surface area contributed by atoms with E-state index in [4.69, 9.17) is 4.74 Å². The molecule has 3 saturated heterocycles. The number of hydrogen-bond donors (Lipinski definition) is 2. The highest BCUT2D eigenvalue weighted by atomic mass is 32.2. The summed E-state index contributed by atoms with van der Waals surface area (Å²) in [5.41, 5.74) is 0.110. The van der Waals surface area contributed by atoms with Gasteiger partial charge in [0.2, 0.25) is 12.3 Å². The van der Waals surface area contributed by atoms with Crippen LogP contribution in [0, 0.1) is 17.6 Å². The minimum Gasteiger partial charge on any atom is -0.359 e. The number of ether oxygens (including phenoxy) is 1. The molecule has 170 valence electrons. The van der Waals surface area contributed by atoms with Crippen LogP contribution in [0.5, 0.6) is 0 Å². The minimum atomic E-state index is -1.34. The summed E-state index contributed by atoms with van der Waals surface area (Å²) >= 11 is 0. The van der Waals surface area contributed by atoms with Crippen molar-refractivity contribution in [1.29, 1.82) is 0 Å². The average molecular weight is 456 g/mol. The van der Waals surface area contributed by atoms with E-state index in [0.717, 1.165) is 32.1 Å². The molecule has 4 fully saturated rings. The van der Waals surface area contributed by atoms with E-state index >= 15 is 8.78 Å². The van der Waals surface area contributed by atoms with Crippen molar-refractivity contribution in [2.75, 3.05) is 34.4 Å². The molecule has 3 heterocycles. The molecule has 0 radical (unpaired) electrons. The number of carbonyl (C=O) groups excluding carboxylic acids is 1. The molecule has 0 spiro atoms. The van der Waals surface area contributed by atoms with Crippen LogP contribution in [0.2, 0.25) is 0 Å². The molecule has 10 heteroatoms. The van der Waals surface area contributed by atoms with Gasteiger partial charge in [-0.25, -0.2) is 8.78 Å². The molecular weight excluding hydrogens is 428 g/mol. The van der Waals surface area contributed by atoms with Crippen molar-refractivity contribution < 1.29 is 27.6 Å². The molecule has 31 heavy (non-hydrogen) atoms. The fourth-order valence-electron chi connectivity index (χ4n) is 5.09. The Bertz CT molecular complexity index is 860. The lowest BCUT2D eigenvalue weighted by Crippen LogP contribution is -2.48. The van der Waals surface area contributed by atoms with E-state index in [2.05, 4.69) is 5.32 Å². The molecule has 4 atom stereocenters. The van der Waals surface area contributed by atoms with Gasteiger partial charge in [-0.1, -0.05) is 6.42 Å². The summed E-state index contributed by atoms with van der Waals surface area (Å²) in [4.78, 5) is 15.1. The molecule has 1 aliphatic carbocycles. The van der Waals surface area contributed by atoms with Crippen molar-refractivity contribution in [3.8, 4) is 0 Å². The Morgan fingerprint density at radius 2 is 1.81 bits per heavy atom. The first-order chi connectivity index (χ1) is 14.9. The predicted molar refractivity (Wildman–Crippen MR) is 112 cm³/mol. The van der Waals surface area contributed by atoms with E-state index < -0.39 is 35.0 Å². The van der Waals surface area contributed by atoms with Crippen LogP contribution in [-0.4, -0.2) is 64.4 Å². The third-order valence-corrected chi connectivity index (χ3v) is 8.44. The number of fused-ring (bicyclic) bond motifs is 2. The van der Waals surface area contributed by atoms with Crippen LogP contribution in [0.3, 0.4) is 0 Å². The van der Waals surface area contributed by atoms with Crippen LogP contribution in [0.25, 0.3) is 0 Å². The summed E-state index contributed by atoms with van der Waals surface area (Å²) in [6, 6.07) is 2.20. The summed E-state index contributed by atoms with van der Waals surface area (Å²) in [6.07, 6.45) is 2.60. The monoisotopic (exact) mass is 455 g/mol. The lowest BCUT2D eigenvalue weighted by molar-refractivity contribution is -0.129. The van der Waals surface area contributed by atoms with E-state index in [1.807, 2.05) is 0 Å². The zero-order valence-corrected chi connectivity index (χ0v) is 18.0. The second-order valence-corrected chi connectivity index (χ2v) is 10.5. The Balaban J connectivity index is 1.28. The molecule has 3 unspecified atom stereocenters. The van der Waals surface area contributed by atoms with Crippen molar-refractivity contribution in [3.63, 3.8) is 0 Å². The zero-order chi connectivity index (χ0) is 21.7. The number of benzene rings is 1. The van der Waals surface area contributed by atoms with Gasteiger partial charge in [-0.3, -0.25) is 9.00 Å². The normalized spacial score (nSPS) is 32.9. The lowest BCUT2D eigenvalue weighted by Gasteiger charge is -2.36. The summed E-state index contributed by atoms with van der Waals surface area (Å²) in [5, 5.41) is 13.1. The summed E-state index contributed by atoms with van der Waals surface area (Å²) in [6.45, 7) is 0.443. The number of nitrogens with zero attached hydrogens (tertiary/aromatic N) is 2. The maximum Gasteiger partial charge on any atom is 0.238 e. The van der Waals surface area contributed by atoms with Gasteiger partial charge in [0, 0.05) is 52.5 Å². The van der Waals surface area contributed by atoms with Crippen molar-refractivity contribution in [2.24, 2.45) is 5.92 Å². The highest BCUT2D eigenvalue weighted by Crippen LogP contribution is 2.39. The number of carbonyl (C=O) groups is 1. The molecule has 4 aliphatic rings. The Kier molecular flexibility index (Phi) is 5.64. The van der Waals surface area contributed by atoms with Gasteiger partial charge in [0.05, 0.1) is 12.6 Å². The number of hydrogen-bond acceptors (Lipinski definition) is 6. The number of halogens is 2. The zero-order valence-electron chi connectivity index (χ0n) is 17.1. The van der Waals surface area contributed by atoms with E-state index in [-0.39, 0.29) is 48.4 Å². The molecule has 2 bridgehead atoms. The van der Waals surface area contributed by atoms with Gasteiger partial charge in [-0.2, -0.15) is 0 Å². The second kappa shape index (κ2) is 8.29. The molecule has 1 aromatic carbocycles. The molecule has 1 aromatic rings. The van der Waals surface area contributed by atoms with Crippen molar-refractivity contribution in [1.82, 2.24) is 5.32 Å². The number of amides is 1. The number of anilines is 2. The van der Waals surface area contributed by atoms with Gasteiger partial charge in [0.1, 0.15) is 5.69 Å². The third-order valence-electron chi connectivity index (χ3n) is 6.93. The highest BCUT2D eigenvalue weighted by molar-refractivity contribution is 7.85. The molecule has 3 aliphatic heterocycles. The SMILES string of the molecule is O=C(NC[C@H]1CN(c2cc(F)c(N3C4CCC3CS(=O)C4)c(F)c2)C(O)O1)C1CCC1. The first kappa shape index (κ1) is 21.1. The fourth-order valence-corrected chi connectivity index (χ4v) is 6.74. The molecule has 7 nitrogen and oxygen atoms in total. The first-order valence-corrected chi connectivity index (χ1v) is 12.4. The number of aliphatic hydroxyl groups is 1. The maximum atomic E-state index is 15.1. The van der Waals surface area contributed by atoms with Crippen LogP contribution in [0.1, 0.15) is 32.1 Å². The van der Waals surface area contributed by atoms with E-state index in [1.54, 1.807) is 4.90 Å². The fraction of sp³-hybridized carbons (Fsp3) is 0.667. The summed E-state index contributed by atoms with van der Waals surface area (Å²) in [7, 11) is -0.941. The molecular formula is C21H27F2N3O4S. The number of rotatable bonds is 5. The molecule has 1 saturated carbocycles. The lowest BCUT2D eigenvalue weighted by atomic mass is 9.85. The highest BCUT2D eigenvalue weighted by Gasteiger charge is 2.42. The van der Waals surface area contributed by atoms with E-state index in [0.29, 0.717) is 11.5 Å². The van der Waals surface area contributed by atoms with Gasteiger partial charge in [0.15, 0.2) is 11.6 Å². The van der Waals surface area contributed by atoms with Crippen LogP contribution in [0.4, 0.5) is 20.2 Å². The molecule has 2 N–H and O–H groups in total. The van der Waals surface area contributed by atoms with Crippen LogP contribution in [-0.2, 0) is 20.3 Å². The number of aliphatic hydroxyl groups excluding tert-OH is 1. The second-order valence-electron chi connectivity index (χ2n) is 8.93. The van der Waals surface area contributed by atoms with Crippen molar-refractivity contribution in [2.45, 2.75) is 56.7 Å². The van der Waals surface area contributed by atoms with Crippen molar-refractivity contribution in [3.05, 3.63) is 23.8 Å². The Morgan fingerprint density at radius 3 is 2.39 bits per heavy atom. The number of nitrogens with one attached hydrogen (secondary N) is 1. The Morgan fingerprint density at radius 1 is 1.16 bits per heavy atom. The quantitative estimate of drug-likeness (QED) is 0.700. The van der Waals surface area contributed by atoms with Crippen LogP contribution >= 0.6 is 0 Å². The van der Waals surface area contributed by atoms with E-state index in [1.165, 1.54) is 17.0 Å². The Labute approximate surface area is 182 Å². The van der Waals surface area contributed by atoms with Gasteiger partial charge >= 0.3 is 0 Å². The Hall–Kier alpha value is -1.78. The van der Waals surface area contributed by atoms with Crippen LogP contribution in [0.15, 0.2) is 12.1 Å². The molecule has 0 aromatic heterocycles. The van der Waals surface area contributed by atoms with Crippen molar-refractivity contribution >= 4 is 28.1 Å². The topological polar surface area (TPSA) is 82.1 Å². The molecule has 1 amide bonds. The van der Waals surface area contributed by atoms with E-state index in [9.17, 15) is 14.1 Å². The van der Waals surface area contributed by atoms with Gasteiger partial charge in [-0.15, -0.1) is 0 Å². The van der Waals surface area contributed by atoms with Gasteiger partial charge in [0.25, 0.3) is 0 Å². The maximum absolute atomic E-state index is 15.1. The minimum absolute atomic E-state index is 0.0127. The standard InChI is InChI=1S/C21H27F2N3O4S/c22-17-6-15(7-18(23)19(17)26-13-4-5-14(26)11-31(29)10-13)25-9-16(30-21(25)28)8-24-20(27)12-2-1-3-12/h6-7,12-14,16,21,28H,1-5,8-11H2,(H,24,27)/t13?,14?,16-,21?,31?/m0/s1. The third kappa shape index (κ3) is 3.93. The first-order valence-electron chi connectivity index (χ1n) is 10.9. The smallest absolute Gasteiger partial charge is 0.238 e. The van der Waals surface area contributed by atoms with Gasteiger partial charge in [-0.05, 0) is 37.8 Å². The molecule has 5 rings (SSSR count). The largest absolute Gasteiger partial charge is 0.359 e. The van der Waals surface area contributed by atoms with Gasteiger partial charge < -0.3 is 25.0 Å². The predicted octanol–water partition coefficient (Wildman–Crippen LogP) is 1.46. The summed E-state index contributed by atoms with van der Waals surface area (Å²) in [5.74, 6) is -0.488. The average Bonchev–Trinajstić information content (AvgIpc) is 3.15. The summed E-state index contributed by atoms with van der Waals surface area (Å²) < 4.78 is 47.5.